The predicted octanol–water partition coefficient (Wildman–Crippen LogP) is 0.201. The topological polar surface area (TPSA) is 3.88 Å². The summed E-state index contributed by atoms with van der Waals surface area (Å²) in [7, 11) is 0. The molecule has 0 amide bonds. The van der Waals surface area contributed by atoms with Crippen molar-refractivity contribution in [3.05, 3.63) is 36.7 Å². The van der Waals surface area contributed by atoms with Gasteiger partial charge in [-0.3, -0.25) is 0 Å². The van der Waals surface area contributed by atoms with Crippen LogP contribution in [-0.4, -0.2) is 0 Å². The summed E-state index contributed by atoms with van der Waals surface area (Å²) in [5.41, 5.74) is 1.19. The summed E-state index contributed by atoms with van der Waals surface area (Å²) in [4.78, 5) is 0. The fourth-order valence-electron chi connectivity index (χ4n) is 1.48. The van der Waals surface area contributed by atoms with Crippen LogP contribution in [0.4, 0.5) is 0 Å². The molecule has 0 saturated heterocycles. The van der Waals surface area contributed by atoms with Crippen molar-refractivity contribution in [1.82, 2.24) is 0 Å². The number of hydrogen-bond donors (Lipinski definition) is 0. The highest BCUT2D eigenvalue weighted by molar-refractivity contribution is 5.44. The first-order chi connectivity index (χ1) is 6.86. The van der Waals surface area contributed by atoms with Crippen molar-refractivity contribution < 1.29 is 21.5 Å². The molecule has 0 atom stereocenters. The van der Waals surface area contributed by atoms with Gasteiger partial charge in [0.2, 0.25) is 0 Å². The third kappa shape index (κ3) is 5.73. The largest absolute Gasteiger partial charge is 1.00 e. The summed E-state index contributed by atoms with van der Waals surface area (Å²) in [6, 6.07) is 4.21. The molecule has 0 radical (unpaired) electrons. The number of aromatic nitrogens is 1. The average Bonchev–Trinajstić information content (AvgIpc) is 2.25. The Morgan fingerprint density at radius 3 is 2.40 bits per heavy atom. The Morgan fingerprint density at radius 1 is 1.20 bits per heavy atom. The highest BCUT2D eigenvalue weighted by Crippen LogP contribution is 1.99. The van der Waals surface area contributed by atoms with Gasteiger partial charge in [0.05, 0.1) is 0 Å². The van der Waals surface area contributed by atoms with Gasteiger partial charge in [-0.15, -0.1) is 0 Å². The molecule has 0 spiro atoms. The molecule has 84 valence electrons. The molecule has 2 heteroatoms. The molecule has 15 heavy (non-hydrogen) atoms. The highest BCUT2D eigenvalue weighted by Gasteiger charge is 1.98. The van der Waals surface area contributed by atoms with Crippen molar-refractivity contribution in [3.63, 3.8) is 0 Å². The van der Waals surface area contributed by atoms with E-state index in [2.05, 4.69) is 42.6 Å². The smallest absolute Gasteiger partial charge is 0.169 e. The Morgan fingerprint density at radius 2 is 1.87 bits per heavy atom. The van der Waals surface area contributed by atoms with E-state index >= 15 is 0 Å². The Kier molecular flexibility index (Phi) is 8.30. The van der Waals surface area contributed by atoms with Gasteiger partial charge in [-0.25, -0.2) is 4.57 Å². The van der Waals surface area contributed by atoms with Crippen LogP contribution in [0.25, 0.3) is 6.08 Å². The van der Waals surface area contributed by atoms with Gasteiger partial charge in [0.25, 0.3) is 0 Å². The van der Waals surface area contributed by atoms with Crippen LogP contribution in [0.15, 0.2) is 31.1 Å². The van der Waals surface area contributed by atoms with E-state index in [1.807, 2.05) is 6.08 Å². The Hall–Kier alpha value is -0.630. The molecule has 1 heterocycles. The van der Waals surface area contributed by atoms with Crippen LogP contribution in [0, 0.1) is 0 Å². The minimum Gasteiger partial charge on any atom is -1.00 e. The maximum absolute atomic E-state index is 3.74. The summed E-state index contributed by atoms with van der Waals surface area (Å²) in [5.74, 6) is 0. The van der Waals surface area contributed by atoms with Crippen molar-refractivity contribution in [2.24, 2.45) is 0 Å². The molecule has 0 aliphatic heterocycles. The van der Waals surface area contributed by atoms with Crippen LogP contribution in [0.2, 0.25) is 0 Å². The standard InChI is InChI=1S/C13H20N.BrH/c1-3-5-6-7-10-14-11-8-13(4-2)9-12-14;/h4,8-9,11-12H,2-3,5-7,10H2,1H3;1H/q+1;/p-1. The lowest BCUT2D eigenvalue weighted by atomic mass is 10.2. The minimum atomic E-state index is 0. The van der Waals surface area contributed by atoms with Gasteiger partial charge in [0.15, 0.2) is 12.4 Å². The van der Waals surface area contributed by atoms with Crippen LogP contribution in [0.3, 0.4) is 0 Å². The van der Waals surface area contributed by atoms with Gasteiger partial charge in [-0.1, -0.05) is 32.4 Å². The zero-order valence-electron chi connectivity index (χ0n) is 9.45. The SMILES string of the molecule is C=Cc1cc[n+](CCCCCC)cc1.[Br-]. The third-order valence-corrected chi connectivity index (χ3v) is 2.42. The van der Waals surface area contributed by atoms with E-state index in [0.29, 0.717) is 0 Å². The first-order valence-electron chi connectivity index (χ1n) is 5.48. The molecular weight excluding hydrogens is 250 g/mol. The maximum atomic E-state index is 3.74. The van der Waals surface area contributed by atoms with Gasteiger partial charge in [0.1, 0.15) is 6.54 Å². The number of aryl methyl sites for hydroxylation is 1. The van der Waals surface area contributed by atoms with Crippen molar-refractivity contribution in [2.75, 3.05) is 0 Å². The second kappa shape index (κ2) is 8.66. The molecule has 0 bridgehead atoms. The number of rotatable bonds is 6. The number of hydrogen-bond acceptors (Lipinski definition) is 0. The quantitative estimate of drug-likeness (QED) is 0.513. The van der Waals surface area contributed by atoms with Gasteiger partial charge in [0, 0.05) is 18.6 Å². The second-order valence-corrected chi connectivity index (χ2v) is 3.63. The van der Waals surface area contributed by atoms with E-state index in [4.69, 9.17) is 0 Å². The Labute approximate surface area is 104 Å². The molecule has 1 aromatic rings. The van der Waals surface area contributed by atoms with E-state index in [1.165, 1.54) is 31.2 Å². The summed E-state index contributed by atoms with van der Waals surface area (Å²) >= 11 is 0. The van der Waals surface area contributed by atoms with Gasteiger partial charge < -0.3 is 17.0 Å². The first-order valence-corrected chi connectivity index (χ1v) is 5.48. The number of unbranched alkanes of at least 4 members (excludes halogenated alkanes) is 3. The van der Waals surface area contributed by atoms with Crippen molar-refractivity contribution in [1.29, 1.82) is 0 Å². The van der Waals surface area contributed by atoms with Crippen molar-refractivity contribution in [3.8, 4) is 0 Å². The molecule has 0 aliphatic rings. The van der Waals surface area contributed by atoms with Crippen molar-refractivity contribution >= 4 is 6.08 Å². The zero-order chi connectivity index (χ0) is 10.2. The highest BCUT2D eigenvalue weighted by atomic mass is 79.9. The summed E-state index contributed by atoms with van der Waals surface area (Å²) in [6.45, 7) is 7.12. The fourth-order valence-corrected chi connectivity index (χ4v) is 1.48. The maximum Gasteiger partial charge on any atom is 0.169 e. The van der Waals surface area contributed by atoms with E-state index in [-0.39, 0.29) is 17.0 Å². The average molecular weight is 270 g/mol. The molecular formula is C13H20BrN. The zero-order valence-corrected chi connectivity index (χ0v) is 11.0. The third-order valence-electron chi connectivity index (χ3n) is 2.42. The van der Waals surface area contributed by atoms with E-state index in [9.17, 15) is 0 Å². The fraction of sp³-hybridized carbons (Fsp3) is 0.462. The molecule has 0 saturated carbocycles. The summed E-state index contributed by atoms with van der Waals surface area (Å²) < 4.78 is 2.24. The molecule has 0 unspecified atom stereocenters. The van der Waals surface area contributed by atoms with Crippen LogP contribution >= 0.6 is 0 Å². The van der Waals surface area contributed by atoms with Gasteiger partial charge >= 0.3 is 0 Å². The second-order valence-electron chi connectivity index (χ2n) is 3.63. The molecule has 1 aromatic heterocycles. The van der Waals surface area contributed by atoms with E-state index < -0.39 is 0 Å². The molecule has 0 aliphatic carbocycles. The van der Waals surface area contributed by atoms with E-state index in [0.717, 1.165) is 6.54 Å². The Bertz CT molecular complexity index is 266. The minimum absolute atomic E-state index is 0. The summed E-state index contributed by atoms with van der Waals surface area (Å²) in [5, 5.41) is 0. The molecule has 0 aromatic carbocycles. The van der Waals surface area contributed by atoms with Gasteiger partial charge in [-0.05, 0) is 12.0 Å². The first kappa shape index (κ1) is 14.4. The molecule has 0 N–H and O–H groups in total. The summed E-state index contributed by atoms with van der Waals surface area (Å²) in [6.07, 6.45) is 11.4. The van der Waals surface area contributed by atoms with E-state index in [1.54, 1.807) is 0 Å². The lowest BCUT2D eigenvalue weighted by molar-refractivity contribution is -0.697. The van der Waals surface area contributed by atoms with Crippen LogP contribution in [-0.2, 0) is 6.54 Å². The molecule has 1 rings (SSSR count). The monoisotopic (exact) mass is 269 g/mol. The van der Waals surface area contributed by atoms with Crippen LogP contribution < -0.4 is 21.5 Å². The number of pyridine rings is 1. The lowest BCUT2D eigenvalue weighted by Gasteiger charge is -1.97. The Balaban J connectivity index is 0.00000196. The van der Waals surface area contributed by atoms with Gasteiger partial charge in [-0.2, -0.15) is 0 Å². The van der Waals surface area contributed by atoms with Crippen LogP contribution in [0.5, 0.6) is 0 Å². The number of halogens is 1. The molecule has 0 fully saturated rings. The van der Waals surface area contributed by atoms with Crippen molar-refractivity contribution in [2.45, 2.75) is 39.2 Å². The lowest BCUT2D eigenvalue weighted by Crippen LogP contribution is -3.00. The predicted molar refractivity (Wildman–Crippen MR) is 60.9 cm³/mol. The number of nitrogens with zero attached hydrogens (tertiary/aromatic N) is 1. The molecule has 1 nitrogen and oxygen atoms in total. The van der Waals surface area contributed by atoms with Crippen LogP contribution in [0.1, 0.15) is 38.2 Å². The normalized spacial score (nSPS) is 9.40.